The number of ether oxygens (including phenoxy) is 1. The molecule has 2 atom stereocenters. The zero-order valence-electron chi connectivity index (χ0n) is 10.6. The van der Waals surface area contributed by atoms with Crippen LogP contribution in [0.15, 0.2) is 0 Å². The Labute approximate surface area is 101 Å². The largest absolute Gasteiger partial charge is 0.444 e. The van der Waals surface area contributed by atoms with Gasteiger partial charge in [-0.2, -0.15) is 0 Å². The van der Waals surface area contributed by atoms with E-state index in [1.54, 1.807) is 20.8 Å². The van der Waals surface area contributed by atoms with Crippen LogP contribution in [0.5, 0.6) is 0 Å². The van der Waals surface area contributed by atoms with E-state index in [1.807, 2.05) is 0 Å². The molecule has 17 heavy (non-hydrogen) atoms. The lowest BCUT2D eigenvalue weighted by Gasteiger charge is -2.40. The summed E-state index contributed by atoms with van der Waals surface area (Å²) in [6, 6.07) is 0. The standard InChI is InChI=1S/C11H21FN2O3/c1-10(2,3)17-9(15)14-5-4-11(16,7-13)8(12)6-14/h8,16H,4-7,13H2,1-3H3. The fourth-order valence-electron chi connectivity index (χ4n) is 1.66. The average Bonchev–Trinajstić information content (AvgIpc) is 2.19. The van der Waals surface area contributed by atoms with Crippen LogP contribution in [0, 0.1) is 0 Å². The first-order chi connectivity index (χ1) is 7.68. The van der Waals surface area contributed by atoms with Gasteiger partial charge in [-0.1, -0.05) is 0 Å². The van der Waals surface area contributed by atoms with Crippen molar-refractivity contribution in [1.29, 1.82) is 0 Å². The summed E-state index contributed by atoms with van der Waals surface area (Å²) in [5.41, 5.74) is 3.20. The molecule has 6 heteroatoms. The summed E-state index contributed by atoms with van der Waals surface area (Å²) >= 11 is 0. The average molecular weight is 248 g/mol. The number of nitrogens with zero attached hydrogens (tertiary/aromatic N) is 1. The number of nitrogens with two attached hydrogens (primary N) is 1. The molecule has 1 heterocycles. The number of carbonyl (C=O) groups is 1. The summed E-state index contributed by atoms with van der Waals surface area (Å²) in [5.74, 6) is 0. The van der Waals surface area contributed by atoms with E-state index in [0.29, 0.717) is 0 Å². The zero-order valence-corrected chi connectivity index (χ0v) is 10.6. The van der Waals surface area contributed by atoms with Gasteiger partial charge in [0, 0.05) is 13.1 Å². The van der Waals surface area contributed by atoms with Gasteiger partial charge in [0.2, 0.25) is 0 Å². The van der Waals surface area contributed by atoms with Crippen molar-refractivity contribution in [2.24, 2.45) is 5.73 Å². The topological polar surface area (TPSA) is 75.8 Å². The summed E-state index contributed by atoms with van der Waals surface area (Å²) in [5, 5.41) is 9.80. The Balaban J connectivity index is 2.58. The minimum absolute atomic E-state index is 0.129. The molecule has 3 N–H and O–H groups in total. The SMILES string of the molecule is CC(C)(C)OC(=O)N1CCC(O)(CN)C(F)C1. The van der Waals surface area contributed by atoms with Gasteiger partial charge in [-0.05, 0) is 27.2 Å². The second kappa shape index (κ2) is 4.78. The lowest BCUT2D eigenvalue weighted by atomic mass is 9.90. The molecule has 1 amide bonds. The van der Waals surface area contributed by atoms with Gasteiger partial charge in [-0.15, -0.1) is 0 Å². The van der Waals surface area contributed by atoms with Gasteiger partial charge in [-0.25, -0.2) is 9.18 Å². The highest BCUT2D eigenvalue weighted by Gasteiger charge is 2.43. The van der Waals surface area contributed by atoms with Crippen molar-refractivity contribution in [1.82, 2.24) is 4.90 Å². The lowest BCUT2D eigenvalue weighted by Crippen LogP contribution is -2.58. The second-order valence-corrected chi connectivity index (χ2v) is 5.45. The quantitative estimate of drug-likeness (QED) is 0.714. The number of amides is 1. The van der Waals surface area contributed by atoms with Crippen molar-refractivity contribution in [3.05, 3.63) is 0 Å². The summed E-state index contributed by atoms with van der Waals surface area (Å²) in [4.78, 5) is 12.9. The number of aliphatic hydroxyl groups is 1. The monoisotopic (exact) mass is 248 g/mol. The van der Waals surface area contributed by atoms with E-state index in [1.165, 1.54) is 4.90 Å². The third-order valence-electron chi connectivity index (χ3n) is 2.78. The van der Waals surface area contributed by atoms with Crippen molar-refractivity contribution >= 4 is 6.09 Å². The van der Waals surface area contributed by atoms with Crippen LogP contribution in [0.1, 0.15) is 27.2 Å². The molecule has 1 saturated heterocycles. The molecule has 5 nitrogen and oxygen atoms in total. The Morgan fingerprint density at radius 2 is 2.24 bits per heavy atom. The Morgan fingerprint density at radius 1 is 1.65 bits per heavy atom. The first kappa shape index (κ1) is 14.2. The predicted molar refractivity (Wildman–Crippen MR) is 61.3 cm³/mol. The molecule has 0 saturated carbocycles. The predicted octanol–water partition coefficient (Wildman–Crippen LogP) is 0.655. The summed E-state index contributed by atoms with van der Waals surface area (Å²) < 4.78 is 18.8. The molecular weight excluding hydrogens is 227 g/mol. The van der Waals surface area contributed by atoms with Crippen LogP contribution < -0.4 is 5.73 Å². The molecule has 1 fully saturated rings. The van der Waals surface area contributed by atoms with Crippen LogP contribution in [-0.4, -0.2) is 53.1 Å². The van der Waals surface area contributed by atoms with Crippen molar-refractivity contribution < 1.29 is 19.0 Å². The van der Waals surface area contributed by atoms with Gasteiger partial charge in [0.15, 0.2) is 0 Å². The first-order valence-electron chi connectivity index (χ1n) is 5.72. The van der Waals surface area contributed by atoms with E-state index in [9.17, 15) is 14.3 Å². The Morgan fingerprint density at radius 3 is 2.65 bits per heavy atom. The highest BCUT2D eigenvalue weighted by Crippen LogP contribution is 2.25. The smallest absolute Gasteiger partial charge is 0.410 e. The zero-order chi connectivity index (χ0) is 13.3. The molecule has 0 aromatic rings. The van der Waals surface area contributed by atoms with Crippen molar-refractivity contribution in [3.63, 3.8) is 0 Å². The molecule has 1 aliphatic heterocycles. The fraction of sp³-hybridized carbons (Fsp3) is 0.909. The number of alkyl halides is 1. The third-order valence-corrected chi connectivity index (χ3v) is 2.78. The summed E-state index contributed by atoms with van der Waals surface area (Å²) in [6.07, 6.45) is -1.96. The molecule has 0 aromatic heterocycles. The van der Waals surface area contributed by atoms with Crippen LogP contribution in [0.25, 0.3) is 0 Å². The van der Waals surface area contributed by atoms with Crippen LogP contribution in [-0.2, 0) is 4.74 Å². The molecule has 1 aliphatic rings. The van der Waals surface area contributed by atoms with E-state index < -0.39 is 23.5 Å². The van der Waals surface area contributed by atoms with Crippen molar-refractivity contribution in [2.45, 2.75) is 44.6 Å². The second-order valence-electron chi connectivity index (χ2n) is 5.45. The van der Waals surface area contributed by atoms with E-state index in [-0.39, 0.29) is 26.1 Å². The van der Waals surface area contributed by atoms with Crippen LogP contribution in [0.2, 0.25) is 0 Å². The molecule has 0 aromatic carbocycles. The third kappa shape index (κ3) is 3.54. The van der Waals surface area contributed by atoms with E-state index in [2.05, 4.69) is 0 Å². The number of likely N-dealkylation sites (tertiary alicyclic amines) is 1. The van der Waals surface area contributed by atoms with Gasteiger partial charge in [-0.3, -0.25) is 0 Å². The normalized spacial score (nSPS) is 30.2. The number of hydrogen-bond donors (Lipinski definition) is 2. The first-order valence-corrected chi connectivity index (χ1v) is 5.72. The van der Waals surface area contributed by atoms with Crippen LogP contribution in [0.4, 0.5) is 9.18 Å². The van der Waals surface area contributed by atoms with Gasteiger partial charge in [0.05, 0.1) is 6.54 Å². The van der Waals surface area contributed by atoms with Crippen molar-refractivity contribution in [3.8, 4) is 0 Å². The molecule has 0 bridgehead atoms. The highest BCUT2D eigenvalue weighted by molar-refractivity contribution is 5.68. The Hall–Kier alpha value is -0.880. The van der Waals surface area contributed by atoms with Gasteiger partial charge >= 0.3 is 6.09 Å². The molecule has 2 unspecified atom stereocenters. The molecular formula is C11H21FN2O3. The van der Waals surface area contributed by atoms with E-state index in [4.69, 9.17) is 10.5 Å². The number of rotatable bonds is 1. The Kier molecular flexibility index (Phi) is 3.99. The molecule has 0 spiro atoms. The van der Waals surface area contributed by atoms with E-state index in [0.717, 1.165) is 0 Å². The number of piperidine rings is 1. The van der Waals surface area contributed by atoms with E-state index >= 15 is 0 Å². The minimum atomic E-state index is -1.53. The van der Waals surface area contributed by atoms with Crippen LogP contribution in [0.3, 0.4) is 0 Å². The van der Waals surface area contributed by atoms with Gasteiger partial charge in [0.25, 0.3) is 0 Å². The van der Waals surface area contributed by atoms with Gasteiger partial charge in [0.1, 0.15) is 17.4 Å². The summed E-state index contributed by atoms with van der Waals surface area (Å²) in [7, 11) is 0. The molecule has 1 rings (SSSR count). The molecule has 0 aliphatic carbocycles. The highest BCUT2D eigenvalue weighted by atomic mass is 19.1. The minimum Gasteiger partial charge on any atom is -0.444 e. The maximum Gasteiger partial charge on any atom is 0.410 e. The maximum atomic E-state index is 13.7. The Bertz CT molecular complexity index is 293. The van der Waals surface area contributed by atoms with Crippen LogP contribution >= 0.6 is 0 Å². The van der Waals surface area contributed by atoms with Gasteiger partial charge < -0.3 is 20.5 Å². The number of carbonyl (C=O) groups excluding carboxylic acids is 1. The number of hydrogen-bond acceptors (Lipinski definition) is 4. The molecule has 0 radical (unpaired) electrons. The van der Waals surface area contributed by atoms with Crippen molar-refractivity contribution in [2.75, 3.05) is 19.6 Å². The number of halogens is 1. The molecule has 100 valence electrons. The maximum absolute atomic E-state index is 13.7. The lowest BCUT2D eigenvalue weighted by molar-refractivity contribution is -0.0791. The summed E-state index contributed by atoms with van der Waals surface area (Å²) in [6.45, 7) is 5.18. The fourth-order valence-corrected chi connectivity index (χ4v) is 1.66.